The second kappa shape index (κ2) is 4.09. The molecule has 0 aliphatic carbocycles. The summed E-state index contributed by atoms with van der Waals surface area (Å²) in [4.78, 5) is 15.5. The molecule has 0 N–H and O–H groups in total. The van der Waals surface area contributed by atoms with Gasteiger partial charge in [0.2, 0.25) is 0 Å². The Balaban J connectivity index is 2.48. The third kappa shape index (κ3) is 1.86. The Hall–Kier alpha value is -1.62. The normalized spacial score (nSPS) is 10.7. The van der Waals surface area contributed by atoms with E-state index in [4.69, 9.17) is 16.3 Å². The van der Waals surface area contributed by atoms with Gasteiger partial charge in [0.15, 0.2) is 16.5 Å². The minimum atomic E-state index is -0.457. The molecule has 2 rings (SSSR count). The van der Waals surface area contributed by atoms with Crippen molar-refractivity contribution in [2.24, 2.45) is 0 Å². The highest BCUT2D eigenvalue weighted by Gasteiger charge is 2.12. The fraction of sp³-hybridized carbons (Fsp3) is 0.300. The van der Waals surface area contributed by atoms with Crippen LogP contribution in [0.5, 0.6) is 0 Å². The molecule has 84 valence electrons. The van der Waals surface area contributed by atoms with Crippen molar-refractivity contribution in [3.63, 3.8) is 0 Å². The Labute approximate surface area is 97.0 Å². The SMILES string of the molecule is CCOC(=O)c1cn2nc(Cl)c(C)cc2n1. The van der Waals surface area contributed by atoms with Gasteiger partial charge < -0.3 is 4.74 Å². The maximum atomic E-state index is 11.4. The lowest BCUT2D eigenvalue weighted by Crippen LogP contribution is -2.04. The van der Waals surface area contributed by atoms with E-state index in [1.54, 1.807) is 13.0 Å². The van der Waals surface area contributed by atoms with E-state index in [2.05, 4.69) is 10.1 Å². The fourth-order valence-corrected chi connectivity index (χ4v) is 1.43. The van der Waals surface area contributed by atoms with Crippen LogP contribution >= 0.6 is 11.6 Å². The number of fused-ring (bicyclic) bond motifs is 1. The lowest BCUT2D eigenvalue weighted by molar-refractivity contribution is 0.0520. The molecule has 0 saturated carbocycles. The molecule has 6 heteroatoms. The van der Waals surface area contributed by atoms with Crippen molar-refractivity contribution < 1.29 is 9.53 Å². The number of halogens is 1. The number of ether oxygens (including phenoxy) is 1. The van der Waals surface area contributed by atoms with E-state index >= 15 is 0 Å². The van der Waals surface area contributed by atoms with E-state index in [9.17, 15) is 4.79 Å². The quantitative estimate of drug-likeness (QED) is 0.751. The van der Waals surface area contributed by atoms with Crippen LogP contribution in [0.4, 0.5) is 0 Å². The topological polar surface area (TPSA) is 56.5 Å². The monoisotopic (exact) mass is 239 g/mol. The zero-order valence-corrected chi connectivity index (χ0v) is 9.65. The van der Waals surface area contributed by atoms with Crippen molar-refractivity contribution >= 4 is 23.2 Å². The highest BCUT2D eigenvalue weighted by atomic mass is 35.5. The van der Waals surface area contributed by atoms with Gasteiger partial charge in [-0.2, -0.15) is 5.10 Å². The van der Waals surface area contributed by atoms with Gasteiger partial charge in [-0.3, -0.25) is 0 Å². The molecule has 5 nitrogen and oxygen atoms in total. The number of carbonyl (C=O) groups is 1. The number of aryl methyl sites for hydroxylation is 1. The molecule has 2 aromatic rings. The lowest BCUT2D eigenvalue weighted by atomic mass is 10.3. The van der Waals surface area contributed by atoms with E-state index in [0.717, 1.165) is 5.56 Å². The number of aromatic nitrogens is 3. The predicted molar refractivity (Wildman–Crippen MR) is 58.7 cm³/mol. The smallest absolute Gasteiger partial charge is 0.358 e. The summed E-state index contributed by atoms with van der Waals surface area (Å²) in [6.07, 6.45) is 1.50. The van der Waals surface area contributed by atoms with Crippen molar-refractivity contribution in [1.29, 1.82) is 0 Å². The maximum Gasteiger partial charge on any atom is 0.358 e. The van der Waals surface area contributed by atoms with Crippen LogP contribution in [-0.4, -0.2) is 27.2 Å². The summed E-state index contributed by atoms with van der Waals surface area (Å²) in [5.41, 5.74) is 1.62. The maximum absolute atomic E-state index is 11.4. The van der Waals surface area contributed by atoms with Crippen LogP contribution in [0.25, 0.3) is 5.65 Å². The minimum absolute atomic E-state index is 0.232. The number of rotatable bonds is 2. The molecule has 16 heavy (non-hydrogen) atoms. The Morgan fingerprint density at radius 3 is 3.06 bits per heavy atom. The zero-order chi connectivity index (χ0) is 11.7. The fourth-order valence-electron chi connectivity index (χ4n) is 1.29. The average molecular weight is 240 g/mol. The molecule has 2 aromatic heterocycles. The number of carbonyl (C=O) groups excluding carboxylic acids is 1. The summed E-state index contributed by atoms with van der Waals surface area (Å²) in [7, 11) is 0. The molecule has 0 spiro atoms. The number of nitrogens with zero attached hydrogens (tertiary/aromatic N) is 3. The first kappa shape index (κ1) is 10.9. The Morgan fingerprint density at radius 2 is 2.38 bits per heavy atom. The van der Waals surface area contributed by atoms with Gasteiger partial charge in [-0.1, -0.05) is 11.6 Å². The molecule has 0 aliphatic rings. The van der Waals surface area contributed by atoms with Crippen LogP contribution in [0.2, 0.25) is 5.15 Å². The minimum Gasteiger partial charge on any atom is -0.461 e. The number of imidazole rings is 1. The third-order valence-electron chi connectivity index (χ3n) is 2.07. The van der Waals surface area contributed by atoms with Gasteiger partial charge in [0.1, 0.15) is 0 Å². The largest absolute Gasteiger partial charge is 0.461 e. The Morgan fingerprint density at radius 1 is 1.62 bits per heavy atom. The molecule has 0 unspecified atom stereocenters. The van der Waals surface area contributed by atoms with Crippen LogP contribution in [-0.2, 0) is 4.74 Å². The molecule has 2 heterocycles. The summed E-state index contributed by atoms with van der Waals surface area (Å²) < 4.78 is 6.30. The summed E-state index contributed by atoms with van der Waals surface area (Å²) in [5.74, 6) is -0.457. The average Bonchev–Trinajstić information content (AvgIpc) is 2.62. The highest BCUT2D eigenvalue weighted by molar-refractivity contribution is 6.30. The molecule has 0 amide bonds. The van der Waals surface area contributed by atoms with Crippen molar-refractivity contribution in [1.82, 2.24) is 14.6 Å². The van der Waals surface area contributed by atoms with Crippen LogP contribution in [0.3, 0.4) is 0 Å². The van der Waals surface area contributed by atoms with Crippen LogP contribution in [0.1, 0.15) is 23.0 Å². The third-order valence-corrected chi connectivity index (χ3v) is 2.44. The van der Waals surface area contributed by atoms with E-state index in [0.29, 0.717) is 17.4 Å². The molecule has 0 saturated heterocycles. The number of hydrogen-bond acceptors (Lipinski definition) is 4. The van der Waals surface area contributed by atoms with E-state index in [-0.39, 0.29) is 5.69 Å². The Bertz CT molecular complexity index is 511. The highest BCUT2D eigenvalue weighted by Crippen LogP contribution is 2.14. The molecular formula is C10H10ClN3O2. The van der Waals surface area contributed by atoms with Crippen molar-refractivity contribution in [2.75, 3.05) is 6.61 Å². The van der Waals surface area contributed by atoms with E-state index in [1.807, 2.05) is 6.92 Å². The van der Waals surface area contributed by atoms with E-state index in [1.165, 1.54) is 10.7 Å². The van der Waals surface area contributed by atoms with Gasteiger partial charge in [-0.25, -0.2) is 14.3 Å². The summed E-state index contributed by atoms with van der Waals surface area (Å²) in [6, 6.07) is 1.76. The van der Waals surface area contributed by atoms with E-state index < -0.39 is 5.97 Å². The Kier molecular flexibility index (Phi) is 2.78. The van der Waals surface area contributed by atoms with Gasteiger partial charge in [0.05, 0.1) is 12.8 Å². The second-order valence-corrected chi connectivity index (χ2v) is 3.63. The lowest BCUT2D eigenvalue weighted by Gasteiger charge is -1.96. The molecule has 0 aromatic carbocycles. The van der Waals surface area contributed by atoms with Crippen LogP contribution in [0, 0.1) is 6.92 Å². The molecule has 0 fully saturated rings. The van der Waals surface area contributed by atoms with Crippen molar-refractivity contribution in [2.45, 2.75) is 13.8 Å². The summed E-state index contributed by atoms with van der Waals surface area (Å²) in [5, 5.41) is 4.44. The number of hydrogen-bond donors (Lipinski definition) is 0. The van der Waals surface area contributed by atoms with Crippen molar-refractivity contribution in [3.05, 3.63) is 28.7 Å². The zero-order valence-electron chi connectivity index (χ0n) is 8.90. The first-order valence-corrected chi connectivity index (χ1v) is 5.19. The van der Waals surface area contributed by atoms with Gasteiger partial charge in [0.25, 0.3) is 0 Å². The molecule has 0 aliphatic heterocycles. The van der Waals surface area contributed by atoms with Gasteiger partial charge >= 0.3 is 5.97 Å². The molecular weight excluding hydrogens is 230 g/mol. The first-order chi connectivity index (χ1) is 7.61. The summed E-state index contributed by atoms with van der Waals surface area (Å²) >= 11 is 5.86. The first-order valence-electron chi connectivity index (χ1n) is 4.81. The molecule has 0 radical (unpaired) electrons. The van der Waals surface area contributed by atoms with Gasteiger partial charge in [-0.15, -0.1) is 0 Å². The van der Waals surface area contributed by atoms with Gasteiger partial charge in [0, 0.05) is 0 Å². The van der Waals surface area contributed by atoms with Crippen LogP contribution in [0.15, 0.2) is 12.3 Å². The van der Waals surface area contributed by atoms with Crippen LogP contribution < -0.4 is 0 Å². The summed E-state index contributed by atoms with van der Waals surface area (Å²) in [6.45, 7) is 3.89. The van der Waals surface area contributed by atoms with Crippen molar-refractivity contribution in [3.8, 4) is 0 Å². The molecule has 0 bridgehead atoms. The standard InChI is InChI=1S/C10H10ClN3O2/c1-3-16-10(15)7-5-14-8(12-7)4-6(2)9(11)13-14/h4-5H,3H2,1-2H3. The second-order valence-electron chi connectivity index (χ2n) is 3.27. The predicted octanol–water partition coefficient (Wildman–Crippen LogP) is 1.87. The number of esters is 1. The van der Waals surface area contributed by atoms with Gasteiger partial charge in [-0.05, 0) is 25.5 Å². The molecule has 0 atom stereocenters.